The summed E-state index contributed by atoms with van der Waals surface area (Å²) in [5, 5.41) is 0. The van der Waals surface area contributed by atoms with Gasteiger partial charge in [-0.2, -0.15) is 0 Å². The average molecular weight is 396 g/mol. The maximum atomic E-state index is 12.2. The number of furan rings is 1. The van der Waals surface area contributed by atoms with Gasteiger partial charge in [-0.25, -0.2) is 9.59 Å². The van der Waals surface area contributed by atoms with Crippen LogP contribution < -0.4 is 9.47 Å². The first-order chi connectivity index (χ1) is 14.1. The van der Waals surface area contributed by atoms with Crippen molar-refractivity contribution in [3.63, 3.8) is 0 Å². The Balaban J connectivity index is 1.97. The van der Waals surface area contributed by atoms with Gasteiger partial charge in [-0.1, -0.05) is 60.7 Å². The summed E-state index contributed by atoms with van der Waals surface area (Å²) in [6.07, 6.45) is 0. The normalized spacial score (nSPS) is 10.3. The molecule has 0 saturated heterocycles. The zero-order chi connectivity index (χ0) is 20.6. The molecule has 0 aliphatic rings. The molecule has 0 saturated carbocycles. The number of carbonyl (C=O) groups excluding carboxylic acids is 2. The molecule has 0 aliphatic heterocycles. The summed E-state index contributed by atoms with van der Waals surface area (Å²) in [6, 6.07) is 18.7. The highest BCUT2D eigenvalue weighted by atomic mass is 16.6. The van der Waals surface area contributed by atoms with Crippen LogP contribution >= 0.6 is 0 Å². The van der Waals surface area contributed by atoms with Gasteiger partial charge in [-0.3, -0.25) is 0 Å². The van der Waals surface area contributed by atoms with Gasteiger partial charge in [-0.15, -0.1) is 0 Å². The summed E-state index contributed by atoms with van der Waals surface area (Å²) >= 11 is 0. The van der Waals surface area contributed by atoms with Gasteiger partial charge < -0.3 is 23.4 Å². The van der Waals surface area contributed by atoms with Crippen LogP contribution in [0, 0.1) is 0 Å². The van der Waals surface area contributed by atoms with E-state index in [9.17, 15) is 9.59 Å². The Morgan fingerprint density at radius 2 is 1.07 bits per heavy atom. The minimum atomic E-state index is -0.798. The number of rotatable bonds is 8. The zero-order valence-corrected chi connectivity index (χ0v) is 16.0. The van der Waals surface area contributed by atoms with Crippen LogP contribution in [0.4, 0.5) is 0 Å². The van der Waals surface area contributed by atoms with E-state index in [-0.39, 0.29) is 36.2 Å². The molecule has 7 nitrogen and oxygen atoms in total. The summed E-state index contributed by atoms with van der Waals surface area (Å²) in [5.41, 5.74) is 1.72. The molecule has 0 spiro atoms. The van der Waals surface area contributed by atoms with Crippen molar-refractivity contribution in [2.24, 2.45) is 0 Å². The maximum absolute atomic E-state index is 12.2. The van der Waals surface area contributed by atoms with Gasteiger partial charge in [0.05, 0.1) is 14.2 Å². The van der Waals surface area contributed by atoms with Crippen LogP contribution in [-0.4, -0.2) is 26.2 Å². The van der Waals surface area contributed by atoms with Crippen molar-refractivity contribution in [2.45, 2.75) is 13.2 Å². The number of carbonyl (C=O) groups is 2. The van der Waals surface area contributed by atoms with E-state index >= 15 is 0 Å². The molecule has 1 heterocycles. The van der Waals surface area contributed by atoms with Gasteiger partial charge in [0.15, 0.2) is 0 Å². The van der Waals surface area contributed by atoms with Crippen molar-refractivity contribution in [2.75, 3.05) is 14.2 Å². The summed E-state index contributed by atoms with van der Waals surface area (Å²) in [4.78, 5) is 24.4. The molecule has 0 bridgehead atoms. The second kappa shape index (κ2) is 9.45. The van der Waals surface area contributed by atoms with Crippen LogP contribution in [0.2, 0.25) is 0 Å². The second-order valence-electron chi connectivity index (χ2n) is 5.95. The third-order valence-electron chi connectivity index (χ3n) is 4.02. The average Bonchev–Trinajstić information content (AvgIpc) is 3.15. The van der Waals surface area contributed by atoms with Crippen LogP contribution in [0.15, 0.2) is 65.1 Å². The lowest BCUT2D eigenvalue weighted by Gasteiger charge is -2.10. The van der Waals surface area contributed by atoms with E-state index in [4.69, 9.17) is 23.4 Å². The van der Waals surface area contributed by atoms with Crippen molar-refractivity contribution in [3.05, 3.63) is 83.3 Å². The maximum Gasteiger partial charge on any atom is 0.378 e. The van der Waals surface area contributed by atoms with Gasteiger partial charge in [-0.05, 0) is 11.1 Å². The Labute approximate surface area is 167 Å². The van der Waals surface area contributed by atoms with E-state index in [0.717, 1.165) is 11.1 Å². The second-order valence-corrected chi connectivity index (χ2v) is 5.95. The third kappa shape index (κ3) is 4.76. The molecule has 1 aromatic heterocycles. The highest BCUT2D eigenvalue weighted by Gasteiger charge is 2.33. The molecule has 0 atom stereocenters. The smallest absolute Gasteiger partial charge is 0.378 e. The molecule has 2 aromatic carbocycles. The lowest BCUT2D eigenvalue weighted by Crippen LogP contribution is -2.06. The van der Waals surface area contributed by atoms with Gasteiger partial charge in [0, 0.05) is 0 Å². The summed E-state index contributed by atoms with van der Waals surface area (Å²) in [6.45, 7) is 0.263. The van der Waals surface area contributed by atoms with Crippen molar-refractivity contribution in [1.29, 1.82) is 0 Å². The number of ether oxygens (including phenoxy) is 4. The molecular weight excluding hydrogens is 376 g/mol. The van der Waals surface area contributed by atoms with Gasteiger partial charge in [0.1, 0.15) is 13.2 Å². The molecule has 0 amide bonds. The van der Waals surface area contributed by atoms with E-state index in [1.807, 2.05) is 60.7 Å². The van der Waals surface area contributed by atoms with Crippen LogP contribution in [0.1, 0.15) is 32.2 Å². The Hall–Kier alpha value is -3.74. The first-order valence-electron chi connectivity index (χ1n) is 8.81. The van der Waals surface area contributed by atoms with E-state index in [1.165, 1.54) is 14.2 Å². The van der Waals surface area contributed by atoms with Crippen LogP contribution in [0.3, 0.4) is 0 Å². The molecular formula is C22H20O7. The predicted molar refractivity (Wildman–Crippen MR) is 103 cm³/mol. The molecule has 0 aliphatic carbocycles. The van der Waals surface area contributed by atoms with Gasteiger partial charge in [0.25, 0.3) is 11.5 Å². The van der Waals surface area contributed by atoms with E-state index in [1.54, 1.807) is 0 Å². The lowest BCUT2D eigenvalue weighted by atomic mass is 10.2. The van der Waals surface area contributed by atoms with Crippen molar-refractivity contribution in [3.8, 4) is 11.5 Å². The molecule has 7 heteroatoms. The minimum absolute atomic E-state index is 0.0166. The molecule has 29 heavy (non-hydrogen) atoms. The zero-order valence-electron chi connectivity index (χ0n) is 16.0. The highest BCUT2D eigenvalue weighted by molar-refractivity contribution is 5.97. The Morgan fingerprint density at radius 3 is 1.41 bits per heavy atom. The summed E-state index contributed by atoms with van der Waals surface area (Å²) < 4.78 is 26.6. The monoisotopic (exact) mass is 396 g/mol. The molecule has 0 N–H and O–H groups in total. The van der Waals surface area contributed by atoms with Crippen molar-refractivity contribution < 1.29 is 33.0 Å². The van der Waals surface area contributed by atoms with Crippen molar-refractivity contribution >= 4 is 11.9 Å². The molecule has 0 fully saturated rings. The third-order valence-corrected chi connectivity index (χ3v) is 4.02. The SMILES string of the molecule is COC(=O)c1oc(C(=O)OC)c(OCc2ccccc2)c1OCc1ccccc1. The van der Waals surface area contributed by atoms with Crippen LogP contribution in [0.5, 0.6) is 11.5 Å². The van der Waals surface area contributed by atoms with E-state index in [2.05, 4.69) is 0 Å². The Kier molecular flexibility index (Phi) is 6.52. The molecule has 3 aromatic rings. The number of hydrogen-bond acceptors (Lipinski definition) is 7. The van der Waals surface area contributed by atoms with Crippen LogP contribution in [-0.2, 0) is 22.7 Å². The number of methoxy groups -OCH3 is 2. The minimum Gasteiger partial charge on any atom is -0.481 e. The van der Waals surface area contributed by atoms with E-state index in [0.29, 0.717) is 0 Å². The number of esters is 2. The molecule has 0 unspecified atom stereocenters. The lowest BCUT2D eigenvalue weighted by molar-refractivity contribution is 0.0525. The number of benzene rings is 2. The van der Waals surface area contributed by atoms with Crippen LogP contribution in [0.25, 0.3) is 0 Å². The predicted octanol–water partition coefficient (Wildman–Crippen LogP) is 4.01. The fourth-order valence-electron chi connectivity index (χ4n) is 2.58. The Morgan fingerprint density at radius 1 is 0.690 bits per heavy atom. The van der Waals surface area contributed by atoms with E-state index < -0.39 is 11.9 Å². The molecule has 3 rings (SSSR count). The topological polar surface area (TPSA) is 84.2 Å². The summed E-state index contributed by atoms with van der Waals surface area (Å²) in [7, 11) is 2.41. The van der Waals surface area contributed by atoms with Gasteiger partial charge in [0.2, 0.25) is 11.5 Å². The first-order valence-corrected chi connectivity index (χ1v) is 8.81. The number of hydrogen-bond donors (Lipinski definition) is 0. The fraction of sp³-hybridized carbons (Fsp3) is 0.182. The van der Waals surface area contributed by atoms with Crippen molar-refractivity contribution in [1.82, 2.24) is 0 Å². The summed E-state index contributed by atoms with van der Waals surface area (Å²) in [5.74, 6) is -2.17. The fourth-order valence-corrected chi connectivity index (χ4v) is 2.58. The Bertz CT molecular complexity index is 884. The quantitative estimate of drug-likeness (QED) is 0.532. The first kappa shape index (κ1) is 20.0. The molecule has 150 valence electrons. The standard InChI is InChI=1S/C22H20O7/c1-25-21(23)19-17(27-13-15-9-5-3-6-10-15)18(20(29-19)22(24)26-2)28-14-16-11-7-4-8-12-16/h3-12H,13-14H2,1-2H3. The molecule has 0 radical (unpaired) electrons. The highest BCUT2D eigenvalue weighted by Crippen LogP contribution is 2.40. The largest absolute Gasteiger partial charge is 0.481 e. The van der Waals surface area contributed by atoms with Gasteiger partial charge >= 0.3 is 11.9 Å².